The molecule has 0 radical (unpaired) electrons. The second-order valence-electron chi connectivity index (χ2n) is 5.50. The van der Waals surface area contributed by atoms with E-state index in [1.54, 1.807) is 36.6 Å². The van der Waals surface area contributed by atoms with Crippen LogP contribution < -0.4 is 11.1 Å². The Hall–Kier alpha value is -3.16. The number of esters is 1. The third kappa shape index (κ3) is 4.03. The zero-order chi connectivity index (χ0) is 18.7. The average Bonchev–Trinajstić information content (AvgIpc) is 2.82. The minimum absolute atomic E-state index is 0.264. The van der Waals surface area contributed by atoms with Crippen molar-refractivity contribution in [1.29, 1.82) is 0 Å². The fourth-order valence-corrected chi connectivity index (χ4v) is 2.46. The first-order valence-corrected chi connectivity index (χ1v) is 7.47. The maximum absolute atomic E-state index is 13.1. The van der Waals surface area contributed by atoms with Gasteiger partial charge < -0.3 is 15.0 Å². The number of carbonyl (C=O) groups excluding carboxylic acids is 3. The lowest BCUT2D eigenvalue weighted by Crippen LogP contribution is -2.42. The Bertz CT molecular complexity index is 827. The summed E-state index contributed by atoms with van der Waals surface area (Å²) in [5, 5.41) is 1.84. The van der Waals surface area contributed by atoms with Crippen LogP contribution in [0.25, 0.3) is 5.69 Å². The highest BCUT2D eigenvalue weighted by atomic mass is 19.1. The molecular weight excluding hydrogens is 329 g/mol. The highest BCUT2D eigenvalue weighted by molar-refractivity contribution is 5.98. The molecule has 25 heavy (non-hydrogen) atoms. The molecule has 0 saturated heterocycles. The van der Waals surface area contributed by atoms with Gasteiger partial charge in [-0.25, -0.2) is 14.0 Å². The number of hydrogen-bond acceptors (Lipinski definition) is 4. The first kappa shape index (κ1) is 18.2. The second kappa shape index (κ2) is 7.16. The number of nitrogens with zero attached hydrogens (tertiary/aromatic N) is 1. The zero-order valence-corrected chi connectivity index (χ0v) is 14.0. The van der Waals surface area contributed by atoms with E-state index >= 15 is 0 Å². The highest BCUT2D eigenvalue weighted by Crippen LogP contribution is 2.22. The first-order valence-electron chi connectivity index (χ1n) is 7.47. The maximum Gasteiger partial charge on any atom is 0.340 e. The summed E-state index contributed by atoms with van der Waals surface area (Å²) < 4.78 is 19.9. The van der Waals surface area contributed by atoms with E-state index in [0.29, 0.717) is 11.4 Å². The van der Waals surface area contributed by atoms with E-state index in [1.807, 2.05) is 5.32 Å². The van der Waals surface area contributed by atoms with Crippen LogP contribution in [0.3, 0.4) is 0 Å². The number of nitrogens with one attached hydrogen (secondary N) is 1. The minimum Gasteiger partial charge on any atom is -0.449 e. The normalized spacial score (nSPS) is 11.7. The molecule has 0 aliphatic rings. The van der Waals surface area contributed by atoms with E-state index < -0.39 is 24.0 Å². The smallest absolute Gasteiger partial charge is 0.340 e. The van der Waals surface area contributed by atoms with Crippen molar-refractivity contribution in [3.8, 4) is 5.69 Å². The van der Waals surface area contributed by atoms with Gasteiger partial charge in [0.15, 0.2) is 6.10 Å². The Morgan fingerprint density at radius 1 is 1.20 bits per heavy atom. The van der Waals surface area contributed by atoms with E-state index in [2.05, 4.69) is 0 Å². The number of primary amides is 1. The van der Waals surface area contributed by atoms with Crippen LogP contribution >= 0.6 is 0 Å². The number of carbonyl (C=O) groups is 3. The van der Waals surface area contributed by atoms with Gasteiger partial charge in [-0.15, -0.1) is 0 Å². The molecular formula is C17H18FN3O4. The summed E-state index contributed by atoms with van der Waals surface area (Å²) in [6.45, 7) is 4.83. The van der Waals surface area contributed by atoms with Crippen molar-refractivity contribution in [3.63, 3.8) is 0 Å². The van der Waals surface area contributed by atoms with Crippen LogP contribution in [0.15, 0.2) is 30.3 Å². The Morgan fingerprint density at radius 3 is 2.36 bits per heavy atom. The van der Waals surface area contributed by atoms with Gasteiger partial charge in [-0.2, -0.15) is 0 Å². The molecule has 0 saturated carbocycles. The van der Waals surface area contributed by atoms with E-state index in [9.17, 15) is 18.8 Å². The summed E-state index contributed by atoms with van der Waals surface area (Å²) in [5.41, 5.74) is 7.13. The number of rotatable bonds is 4. The zero-order valence-electron chi connectivity index (χ0n) is 14.0. The van der Waals surface area contributed by atoms with E-state index in [1.165, 1.54) is 19.1 Å². The van der Waals surface area contributed by atoms with Crippen molar-refractivity contribution < 1.29 is 23.5 Å². The number of aryl methyl sites for hydroxylation is 1. The summed E-state index contributed by atoms with van der Waals surface area (Å²) in [4.78, 5) is 34.6. The molecule has 1 atom stereocenters. The lowest BCUT2D eigenvalue weighted by atomic mass is 10.2. The molecule has 1 aromatic heterocycles. The van der Waals surface area contributed by atoms with Crippen LogP contribution in [0.4, 0.5) is 9.18 Å². The lowest BCUT2D eigenvalue weighted by molar-refractivity contribution is -0.127. The number of halogens is 1. The number of amides is 3. The fourth-order valence-electron chi connectivity index (χ4n) is 2.46. The van der Waals surface area contributed by atoms with Gasteiger partial charge in [-0.3, -0.25) is 10.1 Å². The van der Waals surface area contributed by atoms with Gasteiger partial charge in [0.25, 0.3) is 5.91 Å². The van der Waals surface area contributed by atoms with Crippen LogP contribution in [0.1, 0.15) is 28.7 Å². The standard InChI is InChI=1S/C17H18FN3O4/c1-9-8-14(16(23)25-11(3)15(22)20-17(19)24)10(2)21(9)13-6-4-12(18)5-7-13/h4-8,11H,1-3H3,(H3,19,20,22,24). The topological polar surface area (TPSA) is 103 Å². The number of imide groups is 1. The third-order valence-electron chi connectivity index (χ3n) is 3.64. The van der Waals surface area contributed by atoms with E-state index in [0.717, 1.165) is 5.69 Å². The number of ether oxygens (including phenoxy) is 1. The Morgan fingerprint density at radius 2 is 1.80 bits per heavy atom. The highest BCUT2D eigenvalue weighted by Gasteiger charge is 2.23. The van der Waals surface area contributed by atoms with E-state index in [4.69, 9.17) is 10.5 Å². The number of nitrogens with two attached hydrogens (primary N) is 1. The Labute approximate surface area is 143 Å². The number of aromatic nitrogens is 1. The van der Waals surface area contributed by atoms with Crippen molar-refractivity contribution in [3.05, 3.63) is 53.1 Å². The molecule has 0 aliphatic heterocycles. The molecule has 1 heterocycles. The predicted octanol–water partition coefficient (Wildman–Crippen LogP) is 1.97. The molecule has 0 fully saturated rings. The SMILES string of the molecule is Cc1cc(C(=O)OC(C)C(=O)NC(N)=O)c(C)n1-c1ccc(F)cc1. The van der Waals surface area contributed by atoms with Gasteiger partial charge in [-0.05, 0) is 51.1 Å². The Balaban J connectivity index is 2.24. The van der Waals surface area contributed by atoms with Crippen molar-refractivity contribution in [2.24, 2.45) is 5.73 Å². The molecule has 1 unspecified atom stereocenters. The van der Waals surface area contributed by atoms with Gasteiger partial charge in [0.1, 0.15) is 5.82 Å². The molecule has 7 nitrogen and oxygen atoms in total. The van der Waals surface area contributed by atoms with Gasteiger partial charge >= 0.3 is 12.0 Å². The lowest BCUT2D eigenvalue weighted by Gasteiger charge is -2.12. The second-order valence-corrected chi connectivity index (χ2v) is 5.50. The molecule has 2 rings (SSSR count). The summed E-state index contributed by atoms with van der Waals surface area (Å²) in [5.74, 6) is -1.89. The van der Waals surface area contributed by atoms with Crippen LogP contribution in [-0.2, 0) is 9.53 Å². The molecule has 8 heteroatoms. The van der Waals surface area contributed by atoms with Crippen molar-refractivity contribution in [2.45, 2.75) is 26.9 Å². The molecule has 3 N–H and O–H groups in total. The number of benzene rings is 1. The molecule has 0 bridgehead atoms. The summed E-state index contributed by atoms with van der Waals surface area (Å²) in [6, 6.07) is 6.41. The van der Waals surface area contributed by atoms with Crippen molar-refractivity contribution >= 4 is 17.9 Å². The maximum atomic E-state index is 13.1. The van der Waals surface area contributed by atoms with E-state index in [-0.39, 0.29) is 11.4 Å². The Kier molecular flexibility index (Phi) is 5.21. The van der Waals surface area contributed by atoms with Crippen LogP contribution in [-0.4, -0.2) is 28.6 Å². The van der Waals surface area contributed by atoms with Crippen LogP contribution in [0, 0.1) is 19.7 Å². The van der Waals surface area contributed by atoms with Gasteiger partial charge in [0.05, 0.1) is 5.56 Å². The molecule has 2 aromatic rings. The largest absolute Gasteiger partial charge is 0.449 e. The predicted molar refractivity (Wildman–Crippen MR) is 87.8 cm³/mol. The minimum atomic E-state index is -1.19. The fraction of sp³-hybridized carbons (Fsp3) is 0.235. The molecule has 0 spiro atoms. The van der Waals surface area contributed by atoms with Gasteiger partial charge in [0.2, 0.25) is 0 Å². The van der Waals surface area contributed by atoms with Crippen molar-refractivity contribution in [2.75, 3.05) is 0 Å². The molecule has 132 valence electrons. The molecule has 3 amide bonds. The summed E-state index contributed by atoms with van der Waals surface area (Å²) in [7, 11) is 0. The number of hydrogen-bond donors (Lipinski definition) is 2. The van der Waals surface area contributed by atoms with Gasteiger partial charge in [-0.1, -0.05) is 0 Å². The average molecular weight is 347 g/mol. The molecule has 0 aliphatic carbocycles. The molecule has 1 aromatic carbocycles. The van der Waals surface area contributed by atoms with Gasteiger partial charge in [0, 0.05) is 17.1 Å². The van der Waals surface area contributed by atoms with Crippen LogP contribution in [0.5, 0.6) is 0 Å². The third-order valence-corrected chi connectivity index (χ3v) is 3.64. The monoisotopic (exact) mass is 347 g/mol. The quantitative estimate of drug-likeness (QED) is 0.825. The first-order chi connectivity index (χ1) is 11.7. The van der Waals surface area contributed by atoms with Crippen molar-refractivity contribution in [1.82, 2.24) is 9.88 Å². The summed E-state index contributed by atoms with van der Waals surface area (Å²) >= 11 is 0. The number of urea groups is 1. The summed E-state index contributed by atoms with van der Waals surface area (Å²) in [6.07, 6.45) is -1.19. The van der Waals surface area contributed by atoms with Crippen LogP contribution in [0.2, 0.25) is 0 Å².